The SMILES string of the molecule is Clc1ccc(C2NC3CCCCC3CO2)cc1. The molecule has 0 amide bonds. The van der Waals surface area contributed by atoms with E-state index in [1.165, 1.54) is 31.2 Å². The van der Waals surface area contributed by atoms with E-state index in [4.69, 9.17) is 16.3 Å². The zero-order valence-electron chi connectivity index (χ0n) is 9.86. The summed E-state index contributed by atoms with van der Waals surface area (Å²) in [5.41, 5.74) is 1.18. The molecule has 1 N–H and O–H groups in total. The van der Waals surface area contributed by atoms with Crippen LogP contribution in [-0.4, -0.2) is 12.6 Å². The number of rotatable bonds is 1. The molecule has 2 aliphatic rings. The number of ether oxygens (including phenoxy) is 1. The van der Waals surface area contributed by atoms with Crippen molar-refractivity contribution >= 4 is 11.6 Å². The van der Waals surface area contributed by atoms with Crippen LogP contribution in [0.3, 0.4) is 0 Å². The van der Waals surface area contributed by atoms with Crippen molar-refractivity contribution < 1.29 is 4.74 Å². The van der Waals surface area contributed by atoms with Gasteiger partial charge in [0.15, 0.2) is 0 Å². The first kappa shape index (κ1) is 11.5. The molecular formula is C14H18ClNO. The zero-order chi connectivity index (χ0) is 11.7. The predicted octanol–water partition coefficient (Wildman–Crippen LogP) is 3.52. The third-order valence-electron chi connectivity index (χ3n) is 3.92. The van der Waals surface area contributed by atoms with Crippen LogP contribution in [0, 0.1) is 5.92 Å². The van der Waals surface area contributed by atoms with Gasteiger partial charge in [-0.3, -0.25) is 5.32 Å². The molecule has 17 heavy (non-hydrogen) atoms. The first-order valence-electron chi connectivity index (χ1n) is 6.46. The van der Waals surface area contributed by atoms with E-state index < -0.39 is 0 Å². The molecule has 92 valence electrons. The Bertz CT molecular complexity index is 378. The topological polar surface area (TPSA) is 21.3 Å². The van der Waals surface area contributed by atoms with Gasteiger partial charge in [0.05, 0.1) is 6.61 Å². The fourth-order valence-electron chi connectivity index (χ4n) is 2.92. The minimum absolute atomic E-state index is 0.0478. The maximum absolute atomic E-state index is 5.92. The van der Waals surface area contributed by atoms with Crippen LogP contribution in [0.25, 0.3) is 0 Å². The van der Waals surface area contributed by atoms with E-state index in [9.17, 15) is 0 Å². The number of hydrogen-bond donors (Lipinski definition) is 1. The summed E-state index contributed by atoms with van der Waals surface area (Å²) in [6.07, 6.45) is 5.36. The average molecular weight is 252 g/mol. The lowest BCUT2D eigenvalue weighted by Crippen LogP contribution is -2.48. The van der Waals surface area contributed by atoms with Crippen LogP contribution >= 0.6 is 11.6 Å². The second kappa shape index (κ2) is 4.97. The highest BCUT2D eigenvalue weighted by Crippen LogP contribution is 2.32. The standard InChI is InChI=1S/C14H18ClNO/c15-12-7-5-10(6-8-12)14-16-13-4-2-1-3-11(13)9-17-14/h5-8,11,13-14,16H,1-4,9H2. The second-order valence-electron chi connectivity index (χ2n) is 5.08. The number of hydrogen-bond acceptors (Lipinski definition) is 2. The van der Waals surface area contributed by atoms with Crippen molar-refractivity contribution in [2.75, 3.05) is 6.61 Å². The summed E-state index contributed by atoms with van der Waals surface area (Å²) in [5, 5.41) is 4.40. The molecule has 0 aromatic heterocycles. The third kappa shape index (κ3) is 2.49. The largest absolute Gasteiger partial charge is 0.359 e. The number of benzene rings is 1. The molecule has 0 spiro atoms. The highest BCUT2D eigenvalue weighted by molar-refractivity contribution is 6.30. The van der Waals surface area contributed by atoms with E-state index in [0.717, 1.165) is 11.6 Å². The summed E-state index contributed by atoms with van der Waals surface area (Å²) >= 11 is 5.90. The summed E-state index contributed by atoms with van der Waals surface area (Å²) in [4.78, 5) is 0. The fraction of sp³-hybridized carbons (Fsp3) is 0.571. The van der Waals surface area contributed by atoms with Gasteiger partial charge in [-0.1, -0.05) is 36.6 Å². The van der Waals surface area contributed by atoms with Crippen LogP contribution in [0.15, 0.2) is 24.3 Å². The van der Waals surface area contributed by atoms with Crippen molar-refractivity contribution in [3.8, 4) is 0 Å². The van der Waals surface area contributed by atoms with E-state index in [2.05, 4.69) is 5.32 Å². The van der Waals surface area contributed by atoms with Crippen LogP contribution in [0.5, 0.6) is 0 Å². The van der Waals surface area contributed by atoms with Gasteiger partial charge in [0, 0.05) is 11.1 Å². The molecule has 2 nitrogen and oxygen atoms in total. The highest BCUT2D eigenvalue weighted by Gasteiger charge is 2.32. The van der Waals surface area contributed by atoms with Gasteiger partial charge in [0.25, 0.3) is 0 Å². The quantitative estimate of drug-likeness (QED) is 0.825. The second-order valence-corrected chi connectivity index (χ2v) is 5.52. The van der Waals surface area contributed by atoms with E-state index in [1.807, 2.05) is 24.3 Å². The minimum Gasteiger partial charge on any atom is -0.359 e. The summed E-state index contributed by atoms with van der Waals surface area (Å²) < 4.78 is 5.92. The van der Waals surface area contributed by atoms with Crippen molar-refractivity contribution in [3.63, 3.8) is 0 Å². The molecule has 1 aliphatic heterocycles. The Hall–Kier alpha value is -0.570. The Balaban J connectivity index is 1.71. The molecule has 2 fully saturated rings. The normalized spacial score (nSPS) is 33.1. The molecule has 1 saturated carbocycles. The van der Waals surface area contributed by atoms with Crippen LogP contribution in [0.1, 0.15) is 37.5 Å². The molecule has 3 unspecified atom stereocenters. The maximum atomic E-state index is 5.92. The van der Waals surface area contributed by atoms with Crippen molar-refractivity contribution in [2.45, 2.75) is 38.0 Å². The lowest BCUT2D eigenvalue weighted by molar-refractivity contribution is -0.0640. The lowest BCUT2D eigenvalue weighted by Gasteiger charge is -2.40. The van der Waals surface area contributed by atoms with Crippen molar-refractivity contribution in [3.05, 3.63) is 34.9 Å². The van der Waals surface area contributed by atoms with Crippen LogP contribution in [-0.2, 0) is 4.74 Å². The number of nitrogens with one attached hydrogen (secondary N) is 1. The highest BCUT2D eigenvalue weighted by atomic mass is 35.5. The molecule has 1 aromatic carbocycles. The van der Waals surface area contributed by atoms with Gasteiger partial charge in [0.2, 0.25) is 0 Å². The van der Waals surface area contributed by atoms with Crippen molar-refractivity contribution in [2.24, 2.45) is 5.92 Å². The fourth-order valence-corrected chi connectivity index (χ4v) is 3.04. The Morgan fingerprint density at radius 2 is 1.88 bits per heavy atom. The Kier molecular flexibility index (Phi) is 3.37. The maximum Gasteiger partial charge on any atom is 0.134 e. The molecule has 1 aliphatic carbocycles. The van der Waals surface area contributed by atoms with Gasteiger partial charge in [-0.15, -0.1) is 0 Å². The third-order valence-corrected chi connectivity index (χ3v) is 4.18. The van der Waals surface area contributed by atoms with Gasteiger partial charge >= 0.3 is 0 Å². The molecule has 0 radical (unpaired) electrons. The Morgan fingerprint density at radius 3 is 2.71 bits per heavy atom. The van der Waals surface area contributed by atoms with E-state index in [0.29, 0.717) is 12.0 Å². The van der Waals surface area contributed by atoms with Crippen molar-refractivity contribution in [1.82, 2.24) is 5.32 Å². The van der Waals surface area contributed by atoms with Crippen LogP contribution in [0.2, 0.25) is 5.02 Å². The molecule has 1 heterocycles. The smallest absolute Gasteiger partial charge is 0.134 e. The number of halogens is 1. The lowest BCUT2D eigenvalue weighted by atomic mass is 9.84. The molecule has 3 heteroatoms. The summed E-state index contributed by atoms with van der Waals surface area (Å²) in [6.45, 7) is 0.894. The predicted molar refractivity (Wildman–Crippen MR) is 69.0 cm³/mol. The van der Waals surface area contributed by atoms with Gasteiger partial charge in [0.1, 0.15) is 6.23 Å². The first-order chi connectivity index (χ1) is 8.33. The summed E-state index contributed by atoms with van der Waals surface area (Å²) in [6, 6.07) is 8.58. The van der Waals surface area contributed by atoms with Crippen molar-refractivity contribution in [1.29, 1.82) is 0 Å². The van der Waals surface area contributed by atoms with Gasteiger partial charge in [-0.2, -0.15) is 0 Å². The molecule has 3 atom stereocenters. The average Bonchev–Trinajstić information content (AvgIpc) is 2.39. The molecule has 3 rings (SSSR count). The molecule has 1 saturated heterocycles. The van der Waals surface area contributed by atoms with Gasteiger partial charge in [-0.25, -0.2) is 0 Å². The van der Waals surface area contributed by atoms with Gasteiger partial charge < -0.3 is 4.74 Å². The minimum atomic E-state index is 0.0478. The number of fused-ring (bicyclic) bond motifs is 1. The van der Waals surface area contributed by atoms with E-state index >= 15 is 0 Å². The first-order valence-corrected chi connectivity index (χ1v) is 6.84. The monoisotopic (exact) mass is 251 g/mol. The summed E-state index contributed by atoms with van der Waals surface area (Å²) in [7, 11) is 0. The van der Waals surface area contributed by atoms with Gasteiger partial charge in [-0.05, 0) is 36.5 Å². The Labute approximate surface area is 107 Å². The Morgan fingerprint density at radius 1 is 1.12 bits per heavy atom. The zero-order valence-corrected chi connectivity index (χ0v) is 10.6. The summed E-state index contributed by atoms with van der Waals surface area (Å²) in [5.74, 6) is 0.715. The van der Waals surface area contributed by atoms with E-state index in [-0.39, 0.29) is 6.23 Å². The molecule has 1 aromatic rings. The molecule has 0 bridgehead atoms. The molecular weight excluding hydrogens is 234 g/mol. The van der Waals surface area contributed by atoms with Crippen LogP contribution in [0.4, 0.5) is 0 Å². The van der Waals surface area contributed by atoms with Crippen LogP contribution < -0.4 is 5.32 Å². The van der Waals surface area contributed by atoms with E-state index in [1.54, 1.807) is 0 Å².